The zero-order valence-corrected chi connectivity index (χ0v) is 29.7. The summed E-state index contributed by atoms with van der Waals surface area (Å²) in [5.41, 5.74) is 0. The predicted molar refractivity (Wildman–Crippen MR) is 187 cm³/mol. The number of ether oxygens (including phenoxy) is 2. The van der Waals surface area contributed by atoms with Gasteiger partial charge in [-0.1, -0.05) is 163 Å². The summed E-state index contributed by atoms with van der Waals surface area (Å²) in [4.78, 5) is 12.7. The summed E-state index contributed by atoms with van der Waals surface area (Å²) in [6.07, 6.45) is 33.6. The van der Waals surface area contributed by atoms with Crippen molar-refractivity contribution in [3.63, 3.8) is 0 Å². The summed E-state index contributed by atoms with van der Waals surface area (Å²) in [6.45, 7) is 18.3. The van der Waals surface area contributed by atoms with Crippen LogP contribution in [-0.4, -0.2) is 50.8 Å². The Morgan fingerprint density at radius 2 is 0.881 bits per heavy atom. The quantitative estimate of drug-likeness (QED) is 0.0546. The molecule has 0 spiro atoms. The van der Waals surface area contributed by atoms with Gasteiger partial charge in [-0.3, -0.25) is 4.79 Å². The average molecular weight is 598 g/mol. The first-order chi connectivity index (χ1) is 20.7. The second-order valence-corrected chi connectivity index (χ2v) is 12.6. The van der Waals surface area contributed by atoms with Gasteiger partial charge in [0.05, 0.1) is 6.61 Å². The number of unbranched alkanes of at least 4 members (excludes halogenated alkanes) is 17. The molecule has 0 aromatic carbocycles. The van der Waals surface area contributed by atoms with Gasteiger partial charge in [0.2, 0.25) is 0 Å². The average Bonchev–Trinajstić information content (AvgIpc) is 3.01. The van der Waals surface area contributed by atoms with Gasteiger partial charge in [0.25, 0.3) is 6.47 Å². The van der Waals surface area contributed by atoms with Crippen LogP contribution in [0.4, 0.5) is 0 Å². The van der Waals surface area contributed by atoms with Crippen molar-refractivity contribution >= 4 is 6.47 Å². The van der Waals surface area contributed by atoms with Crippen LogP contribution < -0.4 is 0 Å². The molecular formula is C38H79NO3. The van der Waals surface area contributed by atoms with Crippen molar-refractivity contribution < 1.29 is 14.3 Å². The van der Waals surface area contributed by atoms with Crippen molar-refractivity contribution in [3.05, 3.63) is 0 Å². The minimum absolute atomic E-state index is 0.552. The van der Waals surface area contributed by atoms with E-state index in [1.165, 1.54) is 174 Å². The van der Waals surface area contributed by atoms with Gasteiger partial charge in [-0.15, -0.1) is 0 Å². The van der Waals surface area contributed by atoms with E-state index in [-0.39, 0.29) is 0 Å². The Balaban J connectivity index is 0. The summed E-state index contributed by atoms with van der Waals surface area (Å²) >= 11 is 0. The zero-order valence-electron chi connectivity index (χ0n) is 29.7. The molecule has 0 aliphatic heterocycles. The van der Waals surface area contributed by atoms with Crippen LogP contribution in [0.2, 0.25) is 0 Å². The van der Waals surface area contributed by atoms with Gasteiger partial charge in [0.15, 0.2) is 0 Å². The smallest absolute Gasteiger partial charge is 0.293 e. The van der Waals surface area contributed by atoms with Gasteiger partial charge in [-0.05, 0) is 57.7 Å². The first kappa shape index (κ1) is 43.5. The van der Waals surface area contributed by atoms with Gasteiger partial charge in [-0.25, -0.2) is 0 Å². The number of hydrogen-bond acceptors (Lipinski definition) is 4. The molecule has 0 amide bonds. The Morgan fingerprint density at radius 3 is 1.29 bits per heavy atom. The van der Waals surface area contributed by atoms with E-state index in [1.807, 2.05) is 0 Å². The Bertz CT molecular complexity index is 465. The number of rotatable bonds is 34. The monoisotopic (exact) mass is 598 g/mol. The molecule has 0 aliphatic rings. The van der Waals surface area contributed by atoms with E-state index in [1.54, 1.807) is 0 Å². The molecule has 0 aromatic heterocycles. The molecular weight excluding hydrogens is 518 g/mol. The summed E-state index contributed by atoms with van der Waals surface area (Å²) in [5, 5.41) is 0. The summed E-state index contributed by atoms with van der Waals surface area (Å²) in [6, 6.07) is 0. The first-order valence-electron chi connectivity index (χ1n) is 19.0. The van der Waals surface area contributed by atoms with Crippen LogP contribution >= 0.6 is 0 Å². The highest BCUT2D eigenvalue weighted by Gasteiger charge is 2.07. The van der Waals surface area contributed by atoms with E-state index >= 15 is 0 Å². The largest absolute Gasteiger partial charge is 0.468 e. The lowest BCUT2D eigenvalue weighted by Crippen LogP contribution is -2.25. The molecule has 0 atom stereocenters. The van der Waals surface area contributed by atoms with Crippen LogP contribution in [0.15, 0.2) is 0 Å². The molecule has 4 heteroatoms. The third kappa shape index (κ3) is 37.4. The van der Waals surface area contributed by atoms with Crippen molar-refractivity contribution in [1.29, 1.82) is 0 Å². The Morgan fingerprint density at radius 1 is 0.476 bits per heavy atom. The molecule has 0 bridgehead atoms. The maximum Gasteiger partial charge on any atom is 0.293 e. The highest BCUT2D eigenvalue weighted by atomic mass is 16.5. The molecule has 254 valence electrons. The standard InChI is InChI=1S/C26H55NO.C12H24O2/c1-4-7-9-11-15-19-23-27(6-3)24-20-16-13-14-18-22-26-28-25-21-17-12-10-8-5-2;1-3-5-7-12(8-6-4-2)9-10-14-11-13/h4-26H2,1-3H3;11-12H,3-10H2,1-2H3. The maximum absolute atomic E-state index is 9.99. The lowest BCUT2D eigenvalue weighted by atomic mass is 9.93. The molecule has 0 saturated heterocycles. The van der Waals surface area contributed by atoms with Gasteiger partial charge in [0.1, 0.15) is 0 Å². The fourth-order valence-electron chi connectivity index (χ4n) is 5.58. The Labute approximate surface area is 265 Å². The van der Waals surface area contributed by atoms with Crippen LogP contribution in [0.25, 0.3) is 0 Å². The molecule has 0 aromatic rings. The highest BCUT2D eigenvalue weighted by Crippen LogP contribution is 2.19. The maximum atomic E-state index is 9.99. The van der Waals surface area contributed by atoms with Gasteiger partial charge in [0, 0.05) is 13.2 Å². The highest BCUT2D eigenvalue weighted by molar-refractivity contribution is 5.36. The van der Waals surface area contributed by atoms with E-state index in [0.29, 0.717) is 13.1 Å². The van der Waals surface area contributed by atoms with E-state index in [2.05, 4.69) is 39.5 Å². The number of carbonyl (C=O) groups is 1. The molecule has 0 heterocycles. The third-order valence-electron chi connectivity index (χ3n) is 8.57. The topological polar surface area (TPSA) is 38.8 Å². The SMILES string of the molecule is CCCCC(CCCC)CCOC=O.CCCCCCCCOCCCCCCCCN(CC)CCCCCCCC. The molecule has 0 radical (unpaired) electrons. The molecule has 0 N–H and O–H groups in total. The molecule has 0 fully saturated rings. The number of nitrogens with zero attached hydrogens (tertiary/aromatic N) is 1. The number of carbonyl (C=O) groups excluding carboxylic acids is 1. The van der Waals surface area contributed by atoms with Crippen LogP contribution in [0.5, 0.6) is 0 Å². The van der Waals surface area contributed by atoms with Gasteiger partial charge >= 0.3 is 0 Å². The lowest BCUT2D eigenvalue weighted by Gasteiger charge is -2.20. The van der Waals surface area contributed by atoms with E-state index in [4.69, 9.17) is 9.47 Å². The molecule has 0 rings (SSSR count). The fraction of sp³-hybridized carbons (Fsp3) is 0.974. The van der Waals surface area contributed by atoms with Gasteiger partial charge in [-0.2, -0.15) is 0 Å². The second kappa shape index (κ2) is 40.4. The molecule has 0 unspecified atom stereocenters. The van der Waals surface area contributed by atoms with Crippen LogP contribution in [0.1, 0.15) is 195 Å². The minimum Gasteiger partial charge on any atom is -0.468 e. The normalized spacial score (nSPS) is 11.2. The van der Waals surface area contributed by atoms with Crippen LogP contribution in [-0.2, 0) is 14.3 Å². The van der Waals surface area contributed by atoms with Crippen LogP contribution in [0.3, 0.4) is 0 Å². The fourth-order valence-corrected chi connectivity index (χ4v) is 5.58. The van der Waals surface area contributed by atoms with Crippen molar-refractivity contribution in [2.24, 2.45) is 5.92 Å². The lowest BCUT2D eigenvalue weighted by molar-refractivity contribution is -0.129. The van der Waals surface area contributed by atoms with E-state index < -0.39 is 0 Å². The first-order valence-corrected chi connectivity index (χ1v) is 19.0. The Kier molecular flexibility index (Phi) is 41.9. The summed E-state index contributed by atoms with van der Waals surface area (Å²) in [5.74, 6) is 0.759. The van der Waals surface area contributed by atoms with Crippen molar-refractivity contribution in [3.8, 4) is 0 Å². The Hall–Kier alpha value is -0.610. The van der Waals surface area contributed by atoms with Gasteiger partial charge < -0.3 is 14.4 Å². The van der Waals surface area contributed by atoms with E-state index in [9.17, 15) is 4.79 Å². The minimum atomic E-state index is 0.552. The predicted octanol–water partition coefficient (Wildman–Crippen LogP) is 11.9. The third-order valence-corrected chi connectivity index (χ3v) is 8.57. The van der Waals surface area contributed by atoms with E-state index in [0.717, 1.165) is 25.6 Å². The molecule has 0 aliphatic carbocycles. The second-order valence-electron chi connectivity index (χ2n) is 12.6. The van der Waals surface area contributed by atoms with Crippen LogP contribution in [0, 0.1) is 5.92 Å². The molecule has 42 heavy (non-hydrogen) atoms. The molecule has 0 saturated carbocycles. The zero-order chi connectivity index (χ0) is 31.2. The van der Waals surface area contributed by atoms with Crippen molar-refractivity contribution in [2.75, 3.05) is 39.5 Å². The van der Waals surface area contributed by atoms with Crippen molar-refractivity contribution in [1.82, 2.24) is 4.90 Å². The number of hydrogen-bond donors (Lipinski definition) is 0. The summed E-state index contributed by atoms with van der Waals surface area (Å²) < 4.78 is 10.5. The summed E-state index contributed by atoms with van der Waals surface area (Å²) in [7, 11) is 0. The van der Waals surface area contributed by atoms with Crippen molar-refractivity contribution in [2.45, 2.75) is 195 Å². The molecule has 4 nitrogen and oxygen atoms in total.